The van der Waals surface area contributed by atoms with Crippen LogP contribution in [-0.2, 0) is 11.4 Å². The summed E-state index contributed by atoms with van der Waals surface area (Å²) in [5.74, 6) is -0.983. The first-order valence-corrected chi connectivity index (χ1v) is 6.67. The van der Waals surface area contributed by atoms with Crippen LogP contribution in [0.2, 0.25) is 0 Å². The Bertz CT molecular complexity index is 430. The Hall–Kier alpha value is -0.790. The van der Waals surface area contributed by atoms with E-state index in [0.717, 1.165) is 12.1 Å². The molecule has 19 heavy (non-hydrogen) atoms. The van der Waals surface area contributed by atoms with Crippen molar-refractivity contribution >= 4 is 11.4 Å². The summed E-state index contributed by atoms with van der Waals surface area (Å²) in [5.41, 5.74) is -0.562. The summed E-state index contributed by atoms with van der Waals surface area (Å²) in [6.45, 7) is 4.60. The van der Waals surface area contributed by atoms with Gasteiger partial charge in [0.1, 0.15) is 10.6 Å². The van der Waals surface area contributed by atoms with Gasteiger partial charge in [-0.15, -0.1) is 4.72 Å². The number of rotatable bonds is 3. The lowest BCUT2D eigenvalue weighted by Gasteiger charge is -2.29. The predicted molar refractivity (Wildman–Crippen MR) is 66.2 cm³/mol. The van der Waals surface area contributed by atoms with Crippen molar-refractivity contribution in [2.45, 2.75) is 37.7 Å². The van der Waals surface area contributed by atoms with Crippen molar-refractivity contribution < 1.29 is 22.1 Å². The van der Waals surface area contributed by atoms with Gasteiger partial charge in [0.2, 0.25) is 0 Å². The van der Waals surface area contributed by atoms with E-state index in [9.17, 15) is 22.1 Å². The molecule has 0 bridgehead atoms. The highest BCUT2D eigenvalue weighted by Crippen LogP contribution is 2.35. The Morgan fingerprint density at radius 2 is 1.68 bits per heavy atom. The van der Waals surface area contributed by atoms with Crippen molar-refractivity contribution in [3.8, 4) is 0 Å². The van der Waals surface area contributed by atoms with Crippen molar-refractivity contribution in [2.75, 3.05) is 0 Å². The molecule has 0 heterocycles. The minimum atomic E-state index is -4.73. The molecule has 1 rings (SSSR count). The Labute approximate surface area is 112 Å². The molecule has 0 saturated heterocycles. The van der Waals surface area contributed by atoms with Crippen LogP contribution in [0.5, 0.6) is 0 Å². The summed E-state index contributed by atoms with van der Waals surface area (Å²) >= 11 is -1.96. The number of halogens is 4. The van der Waals surface area contributed by atoms with E-state index >= 15 is 0 Å². The van der Waals surface area contributed by atoms with Crippen LogP contribution in [0.3, 0.4) is 0 Å². The minimum absolute atomic E-state index is 0.562. The zero-order valence-electron chi connectivity index (χ0n) is 10.7. The number of nitrogens with one attached hydrogen (secondary N) is 1. The zero-order chi connectivity index (χ0) is 14.8. The summed E-state index contributed by atoms with van der Waals surface area (Å²) in [5, 5.41) is 0. The van der Waals surface area contributed by atoms with Crippen LogP contribution < -0.4 is 4.72 Å². The minimum Gasteiger partial charge on any atom is -0.598 e. The van der Waals surface area contributed by atoms with Crippen molar-refractivity contribution in [1.29, 1.82) is 0 Å². The predicted octanol–water partition coefficient (Wildman–Crippen LogP) is 3.48. The van der Waals surface area contributed by atoms with Crippen LogP contribution in [0, 0.1) is 5.82 Å². The second-order valence-electron chi connectivity index (χ2n) is 5.00. The summed E-state index contributed by atoms with van der Waals surface area (Å²) in [7, 11) is 0. The van der Waals surface area contributed by atoms with E-state index in [2.05, 4.69) is 0 Å². The van der Waals surface area contributed by atoms with Crippen LogP contribution in [0.4, 0.5) is 17.6 Å². The highest BCUT2D eigenvalue weighted by Gasteiger charge is 2.46. The van der Waals surface area contributed by atoms with E-state index in [1.165, 1.54) is 32.9 Å². The second kappa shape index (κ2) is 5.68. The lowest BCUT2D eigenvalue weighted by atomic mass is 10.1. The average Bonchev–Trinajstić information content (AvgIpc) is 2.24. The number of alkyl halides is 3. The maximum Gasteiger partial charge on any atom is 0.412 e. The van der Waals surface area contributed by atoms with Crippen molar-refractivity contribution in [3.05, 3.63) is 35.6 Å². The fourth-order valence-electron chi connectivity index (χ4n) is 1.30. The van der Waals surface area contributed by atoms with E-state index in [1.54, 1.807) is 0 Å². The molecule has 2 nitrogen and oxygen atoms in total. The topological polar surface area (TPSA) is 35.1 Å². The van der Waals surface area contributed by atoms with Crippen molar-refractivity contribution in [2.24, 2.45) is 0 Å². The molecular weight excluding hydrogens is 282 g/mol. The van der Waals surface area contributed by atoms with Crippen LogP contribution in [0.15, 0.2) is 24.3 Å². The molecule has 1 aromatic carbocycles. The molecule has 108 valence electrons. The van der Waals surface area contributed by atoms with Gasteiger partial charge in [-0.25, -0.2) is 4.39 Å². The standard InChI is InChI=1S/C12H15F4NOS/c1-11(2,3)19(18)17-10(12(14,15)16)8-6-4-5-7-9(8)13/h4-7,10,17H,1-3H3/t10-,19-/m1/s1. The largest absolute Gasteiger partial charge is 0.598 e. The lowest BCUT2D eigenvalue weighted by molar-refractivity contribution is -0.153. The van der Waals surface area contributed by atoms with Crippen molar-refractivity contribution in [3.63, 3.8) is 0 Å². The molecule has 0 aliphatic carbocycles. The molecule has 0 saturated carbocycles. The van der Waals surface area contributed by atoms with Crippen LogP contribution in [0.1, 0.15) is 32.4 Å². The van der Waals surface area contributed by atoms with E-state index < -0.39 is 39.7 Å². The molecule has 1 aromatic rings. The van der Waals surface area contributed by atoms with Crippen LogP contribution in [-0.4, -0.2) is 15.5 Å². The smallest absolute Gasteiger partial charge is 0.412 e. The molecule has 0 amide bonds. The summed E-state index contributed by atoms with van der Waals surface area (Å²) in [6, 6.07) is 2.27. The normalized spacial score (nSPS) is 16.2. The van der Waals surface area contributed by atoms with Crippen LogP contribution in [0.25, 0.3) is 0 Å². The van der Waals surface area contributed by atoms with Gasteiger partial charge in [0.25, 0.3) is 0 Å². The maximum atomic E-state index is 13.5. The molecular formula is C12H15F4NOS. The van der Waals surface area contributed by atoms with Gasteiger partial charge in [-0.2, -0.15) is 13.2 Å². The summed E-state index contributed by atoms with van der Waals surface area (Å²) in [6.07, 6.45) is -4.73. The molecule has 0 fully saturated rings. The van der Waals surface area contributed by atoms with E-state index in [0.29, 0.717) is 0 Å². The molecule has 0 unspecified atom stereocenters. The fraction of sp³-hybridized carbons (Fsp3) is 0.500. The second-order valence-corrected chi connectivity index (χ2v) is 6.99. The number of hydrogen-bond acceptors (Lipinski definition) is 2. The maximum absolute atomic E-state index is 13.5. The first kappa shape index (κ1) is 16.3. The summed E-state index contributed by atoms with van der Waals surface area (Å²) in [4.78, 5) is 0. The average molecular weight is 297 g/mol. The Kier molecular flexibility index (Phi) is 4.86. The molecule has 1 N–H and O–H groups in total. The molecule has 0 aliphatic rings. The van der Waals surface area contributed by atoms with Gasteiger partial charge < -0.3 is 4.55 Å². The zero-order valence-corrected chi connectivity index (χ0v) is 11.5. The molecule has 0 spiro atoms. The fourth-order valence-corrected chi connectivity index (χ4v) is 2.13. The lowest BCUT2D eigenvalue weighted by Crippen LogP contribution is -2.45. The third-order valence-electron chi connectivity index (χ3n) is 2.32. The van der Waals surface area contributed by atoms with Crippen LogP contribution >= 0.6 is 0 Å². The van der Waals surface area contributed by atoms with E-state index in [1.807, 2.05) is 4.72 Å². The summed E-state index contributed by atoms with van der Waals surface area (Å²) < 4.78 is 65.3. The van der Waals surface area contributed by atoms with Gasteiger partial charge in [0.05, 0.1) is 0 Å². The third kappa shape index (κ3) is 4.36. The van der Waals surface area contributed by atoms with Gasteiger partial charge in [0, 0.05) is 16.9 Å². The SMILES string of the molecule is CC(C)(C)[S@@+]([O-])N[C@H](c1ccccc1F)C(F)(F)F. The van der Waals surface area contributed by atoms with Gasteiger partial charge in [-0.1, -0.05) is 18.2 Å². The Morgan fingerprint density at radius 1 is 1.16 bits per heavy atom. The first-order valence-electron chi connectivity index (χ1n) is 5.52. The molecule has 2 atom stereocenters. The molecule has 0 radical (unpaired) electrons. The highest BCUT2D eigenvalue weighted by molar-refractivity contribution is 7.90. The number of hydrogen-bond donors (Lipinski definition) is 1. The Morgan fingerprint density at radius 3 is 2.11 bits per heavy atom. The monoisotopic (exact) mass is 297 g/mol. The van der Waals surface area contributed by atoms with Gasteiger partial charge in [-0.3, -0.25) is 0 Å². The van der Waals surface area contributed by atoms with Gasteiger partial charge in [0.15, 0.2) is 6.04 Å². The third-order valence-corrected chi connectivity index (χ3v) is 3.89. The Balaban J connectivity index is 3.08. The highest BCUT2D eigenvalue weighted by atomic mass is 32.2. The van der Waals surface area contributed by atoms with Gasteiger partial charge >= 0.3 is 6.18 Å². The molecule has 0 aliphatic heterocycles. The van der Waals surface area contributed by atoms with E-state index in [-0.39, 0.29) is 0 Å². The first-order chi connectivity index (χ1) is 8.53. The molecule has 7 heteroatoms. The van der Waals surface area contributed by atoms with Gasteiger partial charge in [-0.05, 0) is 26.8 Å². The van der Waals surface area contributed by atoms with E-state index in [4.69, 9.17) is 0 Å². The quantitative estimate of drug-likeness (QED) is 0.685. The van der Waals surface area contributed by atoms with Crippen molar-refractivity contribution in [1.82, 2.24) is 4.72 Å². The number of benzene rings is 1. The molecule has 0 aromatic heterocycles.